The molecule has 3 rings (SSSR count). The van der Waals surface area contributed by atoms with E-state index < -0.39 is 0 Å². The lowest BCUT2D eigenvalue weighted by Crippen LogP contribution is -2.10. The van der Waals surface area contributed by atoms with Gasteiger partial charge >= 0.3 is 0 Å². The molecule has 0 spiro atoms. The molecule has 0 aromatic carbocycles. The molecule has 0 atom stereocenters. The van der Waals surface area contributed by atoms with Crippen molar-refractivity contribution >= 4 is 17.6 Å². The van der Waals surface area contributed by atoms with Crippen LogP contribution in [-0.4, -0.2) is 15.2 Å². The average Bonchev–Trinajstić information content (AvgIpc) is 2.86. The molecule has 0 radical (unpaired) electrons. The Balaban J connectivity index is 1.64. The van der Waals surface area contributed by atoms with E-state index in [4.69, 9.17) is 5.73 Å². The third-order valence-corrected chi connectivity index (χ3v) is 5.38. The van der Waals surface area contributed by atoms with Crippen LogP contribution in [0.1, 0.15) is 55.6 Å². The highest BCUT2D eigenvalue weighted by Gasteiger charge is 2.19. The molecule has 98 valence electrons. The Morgan fingerprint density at radius 2 is 1.89 bits per heavy atom. The van der Waals surface area contributed by atoms with Crippen molar-refractivity contribution in [3.63, 3.8) is 0 Å². The largest absolute Gasteiger partial charge is 0.383 e. The topological polar surface area (TPSA) is 51.8 Å². The van der Waals surface area contributed by atoms with Gasteiger partial charge in [0, 0.05) is 16.5 Å². The standard InChI is InChI=1S/C14H21N3S/c15-14-11-7-4-8-12(11)16-13(17-14)9-18-10-5-2-1-3-6-10/h10H,1-9H2,(H2,15,16,17). The average molecular weight is 263 g/mol. The first kappa shape index (κ1) is 12.3. The predicted molar refractivity (Wildman–Crippen MR) is 76.6 cm³/mol. The number of aryl methyl sites for hydroxylation is 1. The summed E-state index contributed by atoms with van der Waals surface area (Å²) in [4.78, 5) is 9.16. The first-order valence-electron chi connectivity index (χ1n) is 7.08. The molecule has 1 aromatic heterocycles. The molecule has 2 aliphatic rings. The first-order valence-corrected chi connectivity index (χ1v) is 8.13. The van der Waals surface area contributed by atoms with E-state index >= 15 is 0 Å². The molecule has 0 aliphatic heterocycles. The van der Waals surface area contributed by atoms with Gasteiger partial charge in [-0.2, -0.15) is 11.8 Å². The first-order chi connectivity index (χ1) is 8.83. The minimum atomic E-state index is 0.733. The number of fused-ring (bicyclic) bond motifs is 1. The van der Waals surface area contributed by atoms with Crippen molar-refractivity contribution in [3.8, 4) is 0 Å². The summed E-state index contributed by atoms with van der Waals surface area (Å²) in [6, 6.07) is 0. The van der Waals surface area contributed by atoms with Crippen LogP contribution in [0.15, 0.2) is 0 Å². The Kier molecular flexibility index (Phi) is 3.73. The van der Waals surface area contributed by atoms with Gasteiger partial charge in [0.05, 0.1) is 5.75 Å². The Bertz CT molecular complexity index is 427. The fourth-order valence-electron chi connectivity index (χ4n) is 3.00. The Morgan fingerprint density at radius 3 is 2.72 bits per heavy atom. The van der Waals surface area contributed by atoms with Gasteiger partial charge in [-0.05, 0) is 32.1 Å². The van der Waals surface area contributed by atoms with E-state index in [1.165, 1.54) is 49.8 Å². The summed E-state index contributed by atoms with van der Waals surface area (Å²) in [6.07, 6.45) is 10.3. The number of nitrogen functional groups attached to an aromatic ring is 1. The van der Waals surface area contributed by atoms with Crippen molar-refractivity contribution in [2.24, 2.45) is 0 Å². The van der Waals surface area contributed by atoms with Crippen molar-refractivity contribution < 1.29 is 0 Å². The van der Waals surface area contributed by atoms with Gasteiger partial charge in [-0.15, -0.1) is 0 Å². The van der Waals surface area contributed by atoms with Crippen LogP contribution in [0.3, 0.4) is 0 Å². The van der Waals surface area contributed by atoms with Crippen LogP contribution in [0, 0.1) is 0 Å². The molecule has 0 unspecified atom stereocenters. The van der Waals surface area contributed by atoms with Crippen molar-refractivity contribution in [1.82, 2.24) is 9.97 Å². The van der Waals surface area contributed by atoms with E-state index in [2.05, 4.69) is 9.97 Å². The van der Waals surface area contributed by atoms with Crippen molar-refractivity contribution in [2.75, 3.05) is 5.73 Å². The lowest BCUT2D eigenvalue weighted by molar-refractivity contribution is 0.516. The molecule has 4 heteroatoms. The van der Waals surface area contributed by atoms with Crippen LogP contribution in [0.2, 0.25) is 0 Å². The van der Waals surface area contributed by atoms with E-state index in [1.807, 2.05) is 11.8 Å². The van der Waals surface area contributed by atoms with Crippen LogP contribution in [0.4, 0.5) is 5.82 Å². The lowest BCUT2D eigenvalue weighted by atomic mass is 10.0. The van der Waals surface area contributed by atoms with Gasteiger partial charge in [-0.25, -0.2) is 9.97 Å². The van der Waals surface area contributed by atoms with Gasteiger partial charge in [-0.3, -0.25) is 0 Å². The second-order valence-electron chi connectivity index (χ2n) is 5.37. The van der Waals surface area contributed by atoms with Gasteiger partial charge in [0.25, 0.3) is 0 Å². The molecule has 2 N–H and O–H groups in total. The summed E-state index contributed by atoms with van der Waals surface area (Å²) in [6.45, 7) is 0. The van der Waals surface area contributed by atoms with E-state index in [0.29, 0.717) is 0 Å². The number of hydrogen-bond acceptors (Lipinski definition) is 4. The molecule has 1 fully saturated rings. The predicted octanol–water partition coefficient (Wildman–Crippen LogP) is 3.11. The quantitative estimate of drug-likeness (QED) is 0.910. The van der Waals surface area contributed by atoms with Gasteiger partial charge in [0.15, 0.2) is 0 Å². The number of anilines is 1. The number of thioether (sulfide) groups is 1. The highest BCUT2D eigenvalue weighted by Crippen LogP contribution is 2.31. The maximum Gasteiger partial charge on any atom is 0.140 e. The number of nitrogens with two attached hydrogens (primary N) is 1. The van der Waals surface area contributed by atoms with Crippen molar-refractivity contribution in [1.29, 1.82) is 0 Å². The SMILES string of the molecule is Nc1nc(CSC2CCCCC2)nc2c1CCC2. The minimum Gasteiger partial charge on any atom is -0.383 e. The van der Waals surface area contributed by atoms with Crippen molar-refractivity contribution in [2.45, 2.75) is 62.4 Å². The molecule has 0 bridgehead atoms. The summed E-state index contributed by atoms with van der Waals surface area (Å²) < 4.78 is 0. The highest BCUT2D eigenvalue weighted by atomic mass is 32.2. The molecular formula is C14H21N3S. The fraction of sp³-hybridized carbons (Fsp3) is 0.714. The molecule has 18 heavy (non-hydrogen) atoms. The van der Waals surface area contributed by atoms with Crippen LogP contribution in [0.25, 0.3) is 0 Å². The summed E-state index contributed by atoms with van der Waals surface area (Å²) >= 11 is 2.02. The van der Waals surface area contributed by atoms with Crippen LogP contribution in [0.5, 0.6) is 0 Å². The third-order valence-electron chi connectivity index (χ3n) is 4.01. The number of hydrogen-bond donors (Lipinski definition) is 1. The van der Waals surface area contributed by atoms with E-state index in [-0.39, 0.29) is 0 Å². The van der Waals surface area contributed by atoms with Gasteiger partial charge < -0.3 is 5.73 Å². The third kappa shape index (κ3) is 2.63. The molecule has 0 amide bonds. The van der Waals surface area contributed by atoms with Crippen LogP contribution in [-0.2, 0) is 18.6 Å². The Labute approximate surface area is 113 Å². The summed E-state index contributed by atoms with van der Waals surface area (Å²) in [5.74, 6) is 2.61. The highest BCUT2D eigenvalue weighted by molar-refractivity contribution is 7.99. The second-order valence-corrected chi connectivity index (χ2v) is 6.66. The number of aromatic nitrogens is 2. The summed E-state index contributed by atoms with van der Waals surface area (Å²) in [7, 11) is 0. The maximum atomic E-state index is 6.02. The van der Waals surface area contributed by atoms with Gasteiger partial charge in [0.2, 0.25) is 0 Å². The van der Waals surface area contributed by atoms with E-state index in [9.17, 15) is 0 Å². The molecule has 0 saturated heterocycles. The maximum absolute atomic E-state index is 6.02. The van der Waals surface area contributed by atoms with E-state index in [0.717, 1.165) is 35.5 Å². The Morgan fingerprint density at radius 1 is 1.06 bits per heavy atom. The molecule has 1 saturated carbocycles. The smallest absolute Gasteiger partial charge is 0.140 e. The Hall–Kier alpha value is -0.770. The summed E-state index contributed by atoms with van der Waals surface area (Å²) in [5, 5.41) is 0.817. The van der Waals surface area contributed by atoms with Gasteiger partial charge in [0.1, 0.15) is 11.6 Å². The molecule has 1 heterocycles. The second kappa shape index (κ2) is 5.47. The zero-order valence-electron chi connectivity index (χ0n) is 10.8. The fourth-order valence-corrected chi connectivity index (χ4v) is 4.18. The number of rotatable bonds is 3. The number of nitrogens with zero attached hydrogens (tertiary/aromatic N) is 2. The molecule has 3 nitrogen and oxygen atoms in total. The van der Waals surface area contributed by atoms with Crippen LogP contribution < -0.4 is 5.73 Å². The normalized spacial score (nSPS) is 20.0. The monoisotopic (exact) mass is 263 g/mol. The molecule has 2 aliphatic carbocycles. The van der Waals surface area contributed by atoms with Crippen LogP contribution >= 0.6 is 11.8 Å². The summed E-state index contributed by atoms with van der Waals surface area (Å²) in [5.41, 5.74) is 8.44. The zero-order valence-corrected chi connectivity index (χ0v) is 11.6. The van der Waals surface area contributed by atoms with Gasteiger partial charge in [-0.1, -0.05) is 19.3 Å². The lowest BCUT2D eigenvalue weighted by Gasteiger charge is -2.20. The minimum absolute atomic E-state index is 0.733. The zero-order chi connectivity index (χ0) is 12.4. The molecule has 1 aromatic rings. The van der Waals surface area contributed by atoms with E-state index in [1.54, 1.807) is 0 Å². The van der Waals surface area contributed by atoms with Crippen molar-refractivity contribution in [3.05, 3.63) is 17.1 Å². The molecular weight excluding hydrogens is 242 g/mol.